The summed E-state index contributed by atoms with van der Waals surface area (Å²) in [6.45, 7) is 0.117. The number of methoxy groups -OCH3 is 3. The number of hydrogen-bond donors (Lipinski definition) is 2. The Bertz CT molecular complexity index is 1400. The van der Waals surface area contributed by atoms with Gasteiger partial charge in [-0.3, -0.25) is 14.2 Å². The first kappa shape index (κ1) is 23.7. The molecule has 0 aliphatic rings. The Labute approximate surface area is 203 Å². The molecule has 8 heteroatoms. The molecule has 2 N–H and O–H groups in total. The highest BCUT2D eigenvalue weighted by Crippen LogP contribution is 2.32. The Morgan fingerprint density at radius 3 is 2.26 bits per heavy atom. The molecule has 4 rings (SSSR count). The normalized spacial score (nSPS) is 10.6. The zero-order valence-electron chi connectivity index (χ0n) is 19.8. The molecule has 0 bridgehead atoms. The number of ether oxygens (including phenoxy) is 3. The minimum atomic E-state index is -0.343. The SMILES string of the molecule is COc1cccc(NC(=O)Cn2c(=O)c(CNc3ccccc3)cc3cc(OC)c(OC)cc32)c1. The average Bonchev–Trinajstić information content (AvgIpc) is 2.89. The maximum absolute atomic E-state index is 13.5. The lowest BCUT2D eigenvalue weighted by Gasteiger charge is -2.16. The third-order valence-corrected chi connectivity index (χ3v) is 5.59. The fourth-order valence-corrected chi connectivity index (χ4v) is 3.85. The van der Waals surface area contributed by atoms with Gasteiger partial charge in [-0.1, -0.05) is 24.3 Å². The summed E-state index contributed by atoms with van der Waals surface area (Å²) in [4.78, 5) is 26.5. The van der Waals surface area contributed by atoms with E-state index in [2.05, 4.69) is 10.6 Å². The maximum Gasteiger partial charge on any atom is 0.256 e. The summed E-state index contributed by atoms with van der Waals surface area (Å²) >= 11 is 0. The monoisotopic (exact) mass is 473 g/mol. The van der Waals surface area contributed by atoms with Crippen molar-refractivity contribution >= 4 is 28.2 Å². The second-order valence-corrected chi connectivity index (χ2v) is 7.83. The van der Waals surface area contributed by atoms with E-state index in [1.807, 2.05) is 36.4 Å². The fraction of sp³-hybridized carbons (Fsp3) is 0.185. The number of para-hydroxylation sites is 1. The molecular weight excluding hydrogens is 446 g/mol. The molecule has 35 heavy (non-hydrogen) atoms. The molecule has 0 unspecified atom stereocenters. The summed E-state index contributed by atoms with van der Waals surface area (Å²) in [6.07, 6.45) is 0. The minimum absolute atomic E-state index is 0.179. The van der Waals surface area contributed by atoms with E-state index >= 15 is 0 Å². The Balaban J connectivity index is 1.72. The van der Waals surface area contributed by atoms with Gasteiger partial charge in [0.15, 0.2) is 11.5 Å². The molecule has 0 saturated carbocycles. The number of rotatable bonds is 9. The summed E-state index contributed by atoms with van der Waals surface area (Å²) in [5.74, 6) is 1.28. The highest BCUT2D eigenvalue weighted by Gasteiger charge is 2.16. The van der Waals surface area contributed by atoms with Gasteiger partial charge in [0.2, 0.25) is 5.91 Å². The highest BCUT2D eigenvalue weighted by molar-refractivity contribution is 5.92. The number of carbonyl (C=O) groups excluding carboxylic acids is 1. The number of aromatic nitrogens is 1. The van der Waals surface area contributed by atoms with Crippen LogP contribution in [0.1, 0.15) is 5.56 Å². The molecule has 0 saturated heterocycles. The molecule has 1 amide bonds. The molecule has 0 spiro atoms. The summed E-state index contributed by atoms with van der Waals surface area (Å²) < 4.78 is 17.6. The molecule has 1 aromatic heterocycles. The van der Waals surface area contributed by atoms with Crippen LogP contribution in [-0.4, -0.2) is 31.8 Å². The predicted octanol–water partition coefficient (Wildman–Crippen LogP) is 4.28. The standard InChI is InChI=1S/C27H27N3O5/c1-33-22-11-7-10-21(14-22)29-26(31)17-30-23-15-25(35-3)24(34-2)13-18(23)12-19(27(30)32)16-28-20-8-5-4-6-9-20/h4-15,28H,16-17H2,1-3H3,(H,29,31). The van der Waals surface area contributed by atoms with Crippen LogP contribution < -0.4 is 30.4 Å². The van der Waals surface area contributed by atoms with Crippen molar-refractivity contribution in [1.29, 1.82) is 0 Å². The highest BCUT2D eigenvalue weighted by atomic mass is 16.5. The van der Waals surface area contributed by atoms with Gasteiger partial charge in [-0.15, -0.1) is 0 Å². The van der Waals surface area contributed by atoms with Crippen molar-refractivity contribution in [2.45, 2.75) is 13.1 Å². The van der Waals surface area contributed by atoms with Gasteiger partial charge < -0.3 is 24.8 Å². The van der Waals surface area contributed by atoms with E-state index in [0.717, 1.165) is 11.1 Å². The third-order valence-electron chi connectivity index (χ3n) is 5.59. The lowest BCUT2D eigenvalue weighted by Crippen LogP contribution is -2.30. The number of hydrogen-bond acceptors (Lipinski definition) is 6. The van der Waals surface area contributed by atoms with E-state index in [-0.39, 0.29) is 18.0 Å². The van der Waals surface area contributed by atoms with E-state index in [1.165, 1.54) is 11.7 Å². The van der Waals surface area contributed by atoms with Crippen LogP contribution in [0.2, 0.25) is 0 Å². The first-order valence-corrected chi connectivity index (χ1v) is 11.0. The van der Waals surface area contributed by atoms with E-state index < -0.39 is 0 Å². The molecular formula is C27H27N3O5. The van der Waals surface area contributed by atoms with Gasteiger partial charge in [-0.2, -0.15) is 0 Å². The van der Waals surface area contributed by atoms with Crippen LogP contribution in [0.15, 0.2) is 77.6 Å². The predicted molar refractivity (Wildman–Crippen MR) is 137 cm³/mol. The van der Waals surface area contributed by atoms with Gasteiger partial charge in [-0.25, -0.2) is 0 Å². The van der Waals surface area contributed by atoms with Crippen LogP contribution in [0.5, 0.6) is 17.2 Å². The van der Waals surface area contributed by atoms with E-state index in [9.17, 15) is 9.59 Å². The molecule has 180 valence electrons. The zero-order chi connectivity index (χ0) is 24.8. The second kappa shape index (κ2) is 10.6. The Morgan fingerprint density at radius 1 is 0.829 bits per heavy atom. The Hall–Kier alpha value is -4.46. The van der Waals surface area contributed by atoms with E-state index in [1.54, 1.807) is 50.6 Å². The van der Waals surface area contributed by atoms with Crippen molar-refractivity contribution in [3.05, 3.63) is 88.7 Å². The number of fused-ring (bicyclic) bond motifs is 1. The second-order valence-electron chi connectivity index (χ2n) is 7.83. The number of carbonyl (C=O) groups is 1. The zero-order valence-corrected chi connectivity index (χ0v) is 19.8. The van der Waals surface area contributed by atoms with Crippen LogP contribution in [0.4, 0.5) is 11.4 Å². The third kappa shape index (κ3) is 5.38. The lowest BCUT2D eigenvalue weighted by atomic mass is 10.1. The first-order chi connectivity index (χ1) is 17.0. The molecule has 4 aromatic rings. The number of nitrogens with zero attached hydrogens (tertiary/aromatic N) is 1. The van der Waals surface area contributed by atoms with E-state index in [0.29, 0.717) is 40.6 Å². The van der Waals surface area contributed by atoms with Crippen LogP contribution in [0.3, 0.4) is 0 Å². The van der Waals surface area contributed by atoms with Crippen molar-refractivity contribution in [2.75, 3.05) is 32.0 Å². The van der Waals surface area contributed by atoms with Gasteiger partial charge in [0.25, 0.3) is 5.56 Å². The summed E-state index contributed by atoms with van der Waals surface area (Å²) in [5.41, 5.74) is 2.28. The van der Waals surface area contributed by atoms with E-state index in [4.69, 9.17) is 14.2 Å². The molecule has 3 aromatic carbocycles. The quantitative estimate of drug-likeness (QED) is 0.377. The van der Waals surface area contributed by atoms with Gasteiger partial charge in [-0.05, 0) is 36.4 Å². The smallest absolute Gasteiger partial charge is 0.256 e. The number of amides is 1. The van der Waals surface area contributed by atoms with Crippen LogP contribution in [-0.2, 0) is 17.9 Å². The number of anilines is 2. The lowest BCUT2D eigenvalue weighted by molar-refractivity contribution is -0.116. The van der Waals surface area contributed by atoms with Gasteiger partial charge in [0.05, 0.1) is 26.8 Å². The largest absolute Gasteiger partial charge is 0.497 e. The number of pyridine rings is 1. The molecule has 0 radical (unpaired) electrons. The molecule has 0 fully saturated rings. The van der Waals surface area contributed by atoms with Crippen molar-refractivity contribution in [3.8, 4) is 17.2 Å². The van der Waals surface area contributed by atoms with Crippen molar-refractivity contribution < 1.29 is 19.0 Å². The number of nitrogens with one attached hydrogen (secondary N) is 2. The van der Waals surface area contributed by atoms with Gasteiger partial charge in [0, 0.05) is 41.0 Å². The molecule has 8 nitrogen and oxygen atoms in total. The molecule has 0 aliphatic carbocycles. The van der Waals surface area contributed by atoms with Gasteiger partial charge >= 0.3 is 0 Å². The maximum atomic E-state index is 13.5. The van der Waals surface area contributed by atoms with Crippen LogP contribution in [0.25, 0.3) is 10.9 Å². The summed E-state index contributed by atoms with van der Waals surface area (Å²) in [7, 11) is 4.64. The fourth-order valence-electron chi connectivity index (χ4n) is 3.85. The van der Waals surface area contributed by atoms with Crippen molar-refractivity contribution in [2.24, 2.45) is 0 Å². The Kier molecular flexibility index (Phi) is 7.21. The van der Waals surface area contributed by atoms with Crippen LogP contribution in [0, 0.1) is 0 Å². The van der Waals surface area contributed by atoms with Crippen molar-refractivity contribution in [3.63, 3.8) is 0 Å². The minimum Gasteiger partial charge on any atom is -0.497 e. The molecule has 0 aliphatic heterocycles. The molecule has 1 heterocycles. The van der Waals surface area contributed by atoms with Crippen molar-refractivity contribution in [1.82, 2.24) is 4.57 Å². The van der Waals surface area contributed by atoms with Crippen LogP contribution >= 0.6 is 0 Å². The van der Waals surface area contributed by atoms with Gasteiger partial charge in [0.1, 0.15) is 12.3 Å². The number of benzene rings is 3. The Morgan fingerprint density at radius 2 is 1.54 bits per heavy atom. The topological polar surface area (TPSA) is 90.8 Å². The summed E-state index contributed by atoms with van der Waals surface area (Å²) in [5, 5.41) is 6.85. The average molecular weight is 474 g/mol. The molecule has 0 atom stereocenters. The first-order valence-electron chi connectivity index (χ1n) is 11.0. The summed E-state index contributed by atoms with van der Waals surface area (Å²) in [6, 6.07) is 22.0.